The highest BCUT2D eigenvalue weighted by Crippen LogP contribution is 2.27. The smallest absolute Gasteiger partial charge is 0.270 e. The molecule has 0 unspecified atom stereocenters. The van der Waals surface area contributed by atoms with Crippen LogP contribution in [0.3, 0.4) is 0 Å². The number of hydrogen-bond donors (Lipinski definition) is 1. The second-order valence-electron chi connectivity index (χ2n) is 3.34. The van der Waals surface area contributed by atoms with Crippen molar-refractivity contribution in [3.05, 3.63) is 38.9 Å². The van der Waals surface area contributed by atoms with E-state index in [0.29, 0.717) is 10.8 Å². The van der Waals surface area contributed by atoms with E-state index in [1.807, 2.05) is 6.92 Å². The average Bonchev–Trinajstić information content (AvgIpc) is 2.26. The number of halogens is 1. The lowest BCUT2D eigenvalue weighted by atomic mass is 10.2. The van der Waals surface area contributed by atoms with E-state index in [-0.39, 0.29) is 17.5 Å². The second kappa shape index (κ2) is 6.08. The number of nitrogens with zero attached hydrogens (tertiary/aromatic N) is 1. The van der Waals surface area contributed by atoms with E-state index in [1.165, 1.54) is 12.1 Å². The summed E-state index contributed by atoms with van der Waals surface area (Å²) in [7, 11) is 0. The average molecular weight is 262 g/mol. The maximum atomic E-state index is 10.5. The number of hydrogen-bond acceptors (Lipinski definition) is 4. The van der Waals surface area contributed by atoms with Gasteiger partial charge in [-0.25, -0.2) is 0 Å². The number of aliphatic hydroxyl groups excluding tert-OH is 1. The topological polar surface area (TPSA) is 63.4 Å². The Bertz CT molecular complexity index is 386. The molecule has 88 valence electrons. The predicted molar refractivity (Wildman–Crippen MR) is 65.9 cm³/mol. The molecule has 1 N–H and O–H groups in total. The molecular formula is C10H12ClNO3S. The molecule has 0 bridgehead atoms. The molecule has 0 aliphatic heterocycles. The van der Waals surface area contributed by atoms with Crippen LogP contribution >= 0.6 is 23.4 Å². The number of thioether (sulfide) groups is 1. The minimum atomic E-state index is -0.473. The first-order valence-electron chi connectivity index (χ1n) is 4.70. The molecule has 0 aliphatic rings. The van der Waals surface area contributed by atoms with Gasteiger partial charge in [-0.05, 0) is 11.6 Å². The Hall–Kier alpha value is -0.780. The van der Waals surface area contributed by atoms with Gasteiger partial charge in [0.2, 0.25) is 0 Å². The van der Waals surface area contributed by atoms with Gasteiger partial charge in [0.15, 0.2) is 0 Å². The Labute approximate surface area is 103 Å². The number of aliphatic hydroxyl groups is 1. The third-order valence-electron chi connectivity index (χ3n) is 2.03. The second-order valence-corrected chi connectivity index (χ2v) is 5.17. The third kappa shape index (κ3) is 3.66. The van der Waals surface area contributed by atoms with Gasteiger partial charge in [0.25, 0.3) is 5.69 Å². The van der Waals surface area contributed by atoms with E-state index in [2.05, 4.69) is 0 Å². The van der Waals surface area contributed by atoms with Crippen molar-refractivity contribution < 1.29 is 10.0 Å². The van der Waals surface area contributed by atoms with Crippen molar-refractivity contribution in [3.63, 3.8) is 0 Å². The van der Waals surface area contributed by atoms with Crippen molar-refractivity contribution in [2.75, 3.05) is 6.61 Å². The van der Waals surface area contributed by atoms with Gasteiger partial charge in [-0.15, -0.1) is 0 Å². The summed E-state index contributed by atoms with van der Waals surface area (Å²) in [4.78, 5) is 10.0. The Morgan fingerprint density at radius 1 is 1.62 bits per heavy atom. The van der Waals surface area contributed by atoms with Gasteiger partial charge >= 0.3 is 0 Å². The van der Waals surface area contributed by atoms with Crippen LogP contribution in [0, 0.1) is 10.1 Å². The van der Waals surface area contributed by atoms with E-state index >= 15 is 0 Å². The molecule has 1 aromatic carbocycles. The fourth-order valence-corrected chi connectivity index (χ4v) is 2.19. The molecule has 0 aromatic heterocycles. The van der Waals surface area contributed by atoms with Crippen LogP contribution in [0.25, 0.3) is 0 Å². The molecule has 1 aromatic rings. The highest BCUT2D eigenvalue weighted by Gasteiger charge is 2.10. The fraction of sp³-hybridized carbons (Fsp3) is 0.400. The lowest BCUT2D eigenvalue weighted by Gasteiger charge is -2.08. The molecule has 6 heteroatoms. The molecule has 0 saturated heterocycles. The van der Waals surface area contributed by atoms with E-state index in [0.717, 1.165) is 5.56 Å². The van der Waals surface area contributed by atoms with Crippen molar-refractivity contribution in [2.45, 2.75) is 17.9 Å². The van der Waals surface area contributed by atoms with Gasteiger partial charge in [-0.3, -0.25) is 10.1 Å². The van der Waals surface area contributed by atoms with Crippen LogP contribution in [0.15, 0.2) is 18.2 Å². The summed E-state index contributed by atoms with van der Waals surface area (Å²) in [6.07, 6.45) is 0. The van der Waals surface area contributed by atoms with E-state index in [4.69, 9.17) is 16.7 Å². The molecule has 4 nitrogen and oxygen atoms in total. The fourth-order valence-electron chi connectivity index (χ4n) is 1.05. The molecule has 16 heavy (non-hydrogen) atoms. The molecule has 0 radical (unpaired) electrons. The molecule has 1 atom stereocenters. The van der Waals surface area contributed by atoms with Crippen LogP contribution in [0.5, 0.6) is 0 Å². The van der Waals surface area contributed by atoms with Crippen LogP contribution < -0.4 is 0 Å². The zero-order valence-electron chi connectivity index (χ0n) is 8.72. The molecule has 0 saturated carbocycles. The number of nitro benzene ring substituents is 1. The quantitative estimate of drug-likeness (QED) is 0.654. The van der Waals surface area contributed by atoms with Crippen molar-refractivity contribution in [2.24, 2.45) is 0 Å². The molecule has 0 aliphatic carbocycles. The SMILES string of the molecule is C[C@H](CO)SCc1ccc([N+](=O)[O-])cc1Cl. The Balaban J connectivity index is 2.72. The van der Waals surface area contributed by atoms with Gasteiger partial charge in [0.1, 0.15) is 0 Å². The van der Waals surface area contributed by atoms with E-state index in [9.17, 15) is 10.1 Å². The summed E-state index contributed by atoms with van der Waals surface area (Å²) < 4.78 is 0. The van der Waals surface area contributed by atoms with Gasteiger partial charge in [0, 0.05) is 23.1 Å². The van der Waals surface area contributed by atoms with Crippen molar-refractivity contribution in [1.82, 2.24) is 0 Å². The molecular weight excluding hydrogens is 250 g/mol. The van der Waals surface area contributed by atoms with E-state index < -0.39 is 4.92 Å². The number of non-ortho nitro benzene ring substituents is 1. The Morgan fingerprint density at radius 3 is 2.81 bits per heavy atom. The maximum Gasteiger partial charge on any atom is 0.270 e. The normalized spacial score (nSPS) is 12.4. The molecule has 0 amide bonds. The molecule has 1 rings (SSSR count). The number of rotatable bonds is 5. The Morgan fingerprint density at radius 2 is 2.31 bits per heavy atom. The van der Waals surface area contributed by atoms with Gasteiger partial charge in [-0.2, -0.15) is 11.8 Å². The van der Waals surface area contributed by atoms with Crippen LogP contribution in [-0.4, -0.2) is 21.9 Å². The molecule has 0 spiro atoms. The highest BCUT2D eigenvalue weighted by molar-refractivity contribution is 7.99. The summed E-state index contributed by atoms with van der Waals surface area (Å²) in [5.74, 6) is 0.637. The summed E-state index contributed by atoms with van der Waals surface area (Å²) >= 11 is 7.47. The monoisotopic (exact) mass is 261 g/mol. The predicted octanol–water partition coefficient (Wildman–Crippen LogP) is 2.86. The zero-order valence-corrected chi connectivity index (χ0v) is 10.3. The number of nitro groups is 1. The first kappa shape index (κ1) is 13.3. The number of benzene rings is 1. The van der Waals surface area contributed by atoms with Crippen molar-refractivity contribution >= 4 is 29.1 Å². The van der Waals surface area contributed by atoms with Crippen LogP contribution in [-0.2, 0) is 5.75 Å². The summed E-state index contributed by atoms with van der Waals surface area (Å²) in [6, 6.07) is 4.43. The lowest BCUT2D eigenvalue weighted by molar-refractivity contribution is -0.384. The summed E-state index contributed by atoms with van der Waals surface area (Å²) in [6.45, 7) is 2.01. The zero-order chi connectivity index (χ0) is 12.1. The Kier molecular flexibility index (Phi) is 5.05. The highest BCUT2D eigenvalue weighted by atomic mass is 35.5. The standard InChI is InChI=1S/C10H12ClNO3S/c1-7(5-13)16-6-8-2-3-9(12(14)15)4-10(8)11/h2-4,7,13H,5-6H2,1H3/t7-/m1/s1. The van der Waals surface area contributed by atoms with Crippen LogP contribution in [0.4, 0.5) is 5.69 Å². The largest absolute Gasteiger partial charge is 0.395 e. The van der Waals surface area contributed by atoms with Crippen LogP contribution in [0.2, 0.25) is 5.02 Å². The van der Waals surface area contributed by atoms with Gasteiger partial charge in [0.05, 0.1) is 16.6 Å². The minimum absolute atomic E-state index is 0.00560. The van der Waals surface area contributed by atoms with Crippen molar-refractivity contribution in [1.29, 1.82) is 0 Å². The van der Waals surface area contributed by atoms with Crippen molar-refractivity contribution in [3.8, 4) is 0 Å². The summed E-state index contributed by atoms with van der Waals surface area (Å²) in [5.41, 5.74) is 0.839. The summed E-state index contributed by atoms with van der Waals surface area (Å²) in [5, 5.41) is 19.9. The van der Waals surface area contributed by atoms with Gasteiger partial charge < -0.3 is 5.11 Å². The first-order valence-corrected chi connectivity index (χ1v) is 6.12. The molecule has 0 heterocycles. The van der Waals surface area contributed by atoms with E-state index in [1.54, 1.807) is 17.8 Å². The molecule has 0 fully saturated rings. The lowest BCUT2D eigenvalue weighted by Crippen LogP contribution is -2.02. The third-order valence-corrected chi connectivity index (χ3v) is 3.58. The van der Waals surface area contributed by atoms with Gasteiger partial charge in [-0.1, -0.05) is 18.5 Å². The minimum Gasteiger partial charge on any atom is -0.395 e. The first-order chi connectivity index (χ1) is 7.54. The maximum absolute atomic E-state index is 10.5. The van der Waals surface area contributed by atoms with Crippen LogP contribution in [0.1, 0.15) is 12.5 Å².